The summed E-state index contributed by atoms with van der Waals surface area (Å²) in [6, 6.07) is 0. The lowest BCUT2D eigenvalue weighted by atomic mass is 9.90. The molecule has 2 rings (SSSR count). The Balaban J connectivity index is 1.89. The second-order valence-corrected chi connectivity index (χ2v) is 5.07. The number of nitrogens with one attached hydrogen (secondary N) is 2. The number of carboxylic acids is 1. The Morgan fingerprint density at radius 3 is 2.47 bits per heavy atom. The normalized spacial score (nSPS) is 23.8. The number of piperazine rings is 1. The molecule has 2 heterocycles. The molecule has 0 atom stereocenters. The maximum atomic E-state index is 12.0. The molecule has 0 bridgehead atoms. The van der Waals surface area contributed by atoms with Crippen molar-refractivity contribution in [2.75, 3.05) is 45.9 Å². The third kappa shape index (κ3) is 3.65. The Bertz CT molecular complexity index is 336. The Kier molecular flexibility index (Phi) is 4.73. The summed E-state index contributed by atoms with van der Waals surface area (Å²) in [5.74, 6) is -1.18. The minimum Gasteiger partial charge on any atom is -0.480 e. The summed E-state index contributed by atoms with van der Waals surface area (Å²) in [7, 11) is 0. The standard InChI is InChI=1S/C12H21N3O4/c16-10(9-15-5-3-13-4-6-15)14-12(11(17)18)1-7-19-8-2-12/h13H,1-9H2,(H,14,16)(H,17,18). The Hall–Kier alpha value is -1.18. The Morgan fingerprint density at radius 1 is 1.26 bits per heavy atom. The van der Waals surface area contributed by atoms with Gasteiger partial charge in [0.1, 0.15) is 5.54 Å². The predicted octanol–water partition coefficient (Wildman–Crippen LogP) is -1.36. The fraction of sp³-hybridized carbons (Fsp3) is 0.833. The first kappa shape index (κ1) is 14.2. The van der Waals surface area contributed by atoms with Gasteiger partial charge in [0.2, 0.25) is 5.91 Å². The van der Waals surface area contributed by atoms with Crippen molar-refractivity contribution < 1.29 is 19.4 Å². The van der Waals surface area contributed by atoms with E-state index < -0.39 is 11.5 Å². The first-order chi connectivity index (χ1) is 9.12. The largest absolute Gasteiger partial charge is 0.480 e. The van der Waals surface area contributed by atoms with E-state index in [1.54, 1.807) is 0 Å². The monoisotopic (exact) mass is 271 g/mol. The van der Waals surface area contributed by atoms with Crippen LogP contribution in [0.4, 0.5) is 0 Å². The molecule has 2 aliphatic rings. The number of hydrogen-bond donors (Lipinski definition) is 3. The number of aliphatic carboxylic acids is 1. The molecule has 19 heavy (non-hydrogen) atoms. The third-order valence-electron chi connectivity index (χ3n) is 3.71. The van der Waals surface area contributed by atoms with Gasteiger partial charge in [0.15, 0.2) is 0 Å². The Labute approximate surface area is 112 Å². The smallest absolute Gasteiger partial charge is 0.329 e. The highest BCUT2D eigenvalue weighted by Crippen LogP contribution is 2.21. The molecule has 0 spiro atoms. The number of carbonyl (C=O) groups is 2. The van der Waals surface area contributed by atoms with Crippen LogP contribution in [0.3, 0.4) is 0 Å². The summed E-state index contributed by atoms with van der Waals surface area (Å²) >= 11 is 0. The van der Waals surface area contributed by atoms with E-state index >= 15 is 0 Å². The van der Waals surface area contributed by atoms with Gasteiger partial charge in [0.05, 0.1) is 6.54 Å². The summed E-state index contributed by atoms with van der Waals surface area (Å²) < 4.78 is 5.17. The van der Waals surface area contributed by atoms with Gasteiger partial charge in [0, 0.05) is 52.2 Å². The fourth-order valence-corrected chi connectivity index (χ4v) is 2.49. The van der Waals surface area contributed by atoms with Gasteiger partial charge < -0.3 is 20.5 Å². The van der Waals surface area contributed by atoms with Crippen molar-refractivity contribution in [1.82, 2.24) is 15.5 Å². The van der Waals surface area contributed by atoms with Gasteiger partial charge in [-0.15, -0.1) is 0 Å². The van der Waals surface area contributed by atoms with E-state index in [1.165, 1.54) is 0 Å². The molecule has 0 saturated carbocycles. The van der Waals surface area contributed by atoms with Gasteiger partial charge in [-0.3, -0.25) is 9.69 Å². The average Bonchev–Trinajstić information content (AvgIpc) is 2.40. The molecule has 0 radical (unpaired) electrons. The molecular weight excluding hydrogens is 250 g/mol. The summed E-state index contributed by atoms with van der Waals surface area (Å²) in [6.07, 6.45) is 0.658. The van der Waals surface area contributed by atoms with Crippen molar-refractivity contribution in [3.05, 3.63) is 0 Å². The maximum Gasteiger partial charge on any atom is 0.329 e. The van der Waals surface area contributed by atoms with E-state index in [-0.39, 0.29) is 12.5 Å². The van der Waals surface area contributed by atoms with Crippen LogP contribution in [0.15, 0.2) is 0 Å². The van der Waals surface area contributed by atoms with Gasteiger partial charge in [-0.25, -0.2) is 4.79 Å². The SMILES string of the molecule is O=C(CN1CCNCC1)NC1(C(=O)O)CCOCC1. The van der Waals surface area contributed by atoms with Crippen molar-refractivity contribution in [3.63, 3.8) is 0 Å². The van der Waals surface area contributed by atoms with Crippen molar-refractivity contribution in [3.8, 4) is 0 Å². The maximum absolute atomic E-state index is 12.0. The first-order valence-corrected chi connectivity index (χ1v) is 6.68. The molecule has 7 heteroatoms. The number of nitrogens with zero attached hydrogens (tertiary/aromatic N) is 1. The zero-order valence-corrected chi connectivity index (χ0v) is 11.0. The number of hydrogen-bond acceptors (Lipinski definition) is 5. The van der Waals surface area contributed by atoms with Crippen LogP contribution >= 0.6 is 0 Å². The van der Waals surface area contributed by atoms with Crippen molar-refractivity contribution in [1.29, 1.82) is 0 Å². The zero-order chi connectivity index (χ0) is 13.7. The molecule has 108 valence electrons. The van der Waals surface area contributed by atoms with Crippen LogP contribution in [-0.2, 0) is 14.3 Å². The summed E-state index contributed by atoms with van der Waals surface area (Å²) in [4.78, 5) is 25.5. The van der Waals surface area contributed by atoms with Crippen LogP contribution in [0, 0.1) is 0 Å². The van der Waals surface area contributed by atoms with Gasteiger partial charge in [-0.1, -0.05) is 0 Å². The third-order valence-corrected chi connectivity index (χ3v) is 3.71. The molecule has 0 aromatic heterocycles. The zero-order valence-electron chi connectivity index (χ0n) is 11.0. The second-order valence-electron chi connectivity index (χ2n) is 5.07. The van der Waals surface area contributed by atoms with Crippen molar-refractivity contribution >= 4 is 11.9 Å². The average molecular weight is 271 g/mol. The summed E-state index contributed by atoms with van der Waals surface area (Å²) in [6.45, 7) is 4.38. The lowest BCUT2D eigenvalue weighted by Gasteiger charge is -2.35. The van der Waals surface area contributed by atoms with E-state index in [4.69, 9.17) is 4.74 Å². The van der Waals surface area contributed by atoms with Gasteiger partial charge in [0.25, 0.3) is 0 Å². The van der Waals surface area contributed by atoms with Crippen LogP contribution in [0.5, 0.6) is 0 Å². The molecule has 0 aliphatic carbocycles. The number of rotatable bonds is 4. The number of carbonyl (C=O) groups excluding carboxylic acids is 1. The van der Waals surface area contributed by atoms with Gasteiger partial charge >= 0.3 is 5.97 Å². The molecule has 0 aromatic rings. The topological polar surface area (TPSA) is 90.9 Å². The second kappa shape index (κ2) is 6.31. The van der Waals surface area contributed by atoms with Crippen molar-refractivity contribution in [2.24, 2.45) is 0 Å². The quantitative estimate of drug-likeness (QED) is 0.585. The first-order valence-electron chi connectivity index (χ1n) is 6.68. The lowest BCUT2D eigenvalue weighted by molar-refractivity contribution is -0.152. The van der Waals surface area contributed by atoms with E-state index in [9.17, 15) is 14.7 Å². The number of ether oxygens (including phenoxy) is 1. The minimum atomic E-state index is -1.15. The van der Waals surface area contributed by atoms with Gasteiger partial charge in [-0.05, 0) is 0 Å². The highest BCUT2D eigenvalue weighted by atomic mass is 16.5. The number of carboxylic acid groups (broad SMARTS) is 1. The molecule has 7 nitrogen and oxygen atoms in total. The molecule has 2 aliphatic heterocycles. The fourth-order valence-electron chi connectivity index (χ4n) is 2.49. The molecule has 1 amide bonds. The molecule has 2 fully saturated rings. The predicted molar refractivity (Wildman–Crippen MR) is 67.9 cm³/mol. The van der Waals surface area contributed by atoms with Gasteiger partial charge in [-0.2, -0.15) is 0 Å². The number of amides is 1. The van der Waals surface area contributed by atoms with E-state index in [0.29, 0.717) is 26.1 Å². The van der Waals surface area contributed by atoms with Crippen molar-refractivity contribution in [2.45, 2.75) is 18.4 Å². The molecule has 3 N–H and O–H groups in total. The van der Waals surface area contributed by atoms with Crippen LogP contribution in [0.2, 0.25) is 0 Å². The van der Waals surface area contributed by atoms with E-state index in [2.05, 4.69) is 10.6 Å². The highest BCUT2D eigenvalue weighted by molar-refractivity contribution is 5.88. The highest BCUT2D eigenvalue weighted by Gasteiger charge is 2.41. The van der Waals surface area contributed by atoms with Crippen LogP contribution in [0.1, 0.15) is 12.8 Å². The molecule has 0 unspecified atom stereocenters. The van der Waals surface area contributed by atoms with E-state index in [0.717, 1.165) is 26.2 Å². The van der Waals surface area contributed by atoms with E-state index in [1.807, 2.05) is 4.90 Å². The van der Waals surface area contributed by atoms with Crippen LogP contribution in [-0.4, -0.2) is 73.4 Å². The Morgan fingerprint density at radius 2 is 1.89 bits per heavy atom. The van der Waals surface area contributed by atoms with Crippen LogP contribution in [0.25, 0.3) is 0 Å². The lowest BCUT2D eigenvalue weighted by Crippen LogP contribution is -2.59. The van der Waals surface area contributed by atoms with Crippen LogP contribution < -0.4 is 10.6 Å². The summed E-state index contributed by atoms with van der Waals surface area (Å²) in [5.41, 5.74) is -1.15. The molecule has 2 saturated heterocycles. The minimum absolute atomic E-state index is 0.216. The molecular formula is C12H21N3O4. The summed E-state index contributed by atoms with van der Waals surface area (Å²) in [5, 5.41) is 15.3. The molecule has 0 aromatic carbocycles.